The maximum absolute atomic E-state index is 11.9. The van der Waals surface area contributed by atoms with Gasteiger partial charge in [0.15, 0.2) is 0 Å². The second kappa shape index (κ2) is 5.02. The summed E-state index contributed by atoms with van der Waals surface area (Å²) < 4.78 is 8.20. The van der Waals surface area contributed by atoms with Crippen LogP contribution in [0, 0.1) is 0 Å². The third kappa shape index (κ3) is 2.90. The van der Waals surface area contributed by atoms with E-state index in [9.17, 15) is 4.79 Å². The van der Waals surface area contributed by atoms with Crippen molar-refractivity contribution in [1.82, 2.24) is 14.5 Å². The smallest absolute Gasteiger partial charge is 0.410 e. The molecule has 112 valence electrons. The number of rotatable bonds is 1. The number of aromatic nitrogens is 2. The van der Waals surface area contributed by atoms with E-state index in [1.807, 2.05) is 37.5 Å². The first kappa shape index (κ1) is 14.4. The summed E-state index contributed by atoms with van der Waals surface area (Å²) in [7, 11) is 0. The summed E-state index contributed by atoms with van der Waals surface area (Å²) in [4.78, 5) is 13.6. The minimum Gasteiger partial charge on any atom is -0.444 e. The van der Waals surface area contributed by atoms with Gasteiger partial charge < -0.3 is 9.64 Å². The number of ether oxygens (including phenoxy) is 1. The molecule has 1 saturated heterocycles. The molecule has 2 aromatic rings. The molecule has 1 fully saturated rings. The third-order valence-corrected chi connectivity index (χ3v) is 4.11. The molecule has 5 nitrogen and oxygen atoms in total. The molecule has 2 aromatic heterocycles. The Labute approximate surface area is 132 Å². The van der Waals surface area contributed by atoms with Crippen LogP contribution in [0.15, 0.2) is 29.0 Å². The maximum Gasteiger partial charge on any atom is 0.410 e. The molecule has 3 rings (SSSR count). The van der Waals surface area contributed by atoms with E-state index in [0.29, 0.717) is 19.0 Å². The van der Waals surface area contributed by atoms with Crippen LogP contribution in [-0.2, 0) is 4.74 Å². The van der Waals surface area contributed by atoms with E-state index in [2.05, 4.69) is 27.1 Å². The molecule has 0 radical (unpaired) electrons. The van der Waals surface area contributed by atoms with Gasteiger partial charge in [-0.1, -0.05) is 6.07 Å². The van der Waals surface area contributed by atoms with Crippen molar-refractivity contribution in [1.29, 1.82) is 0 Å². The van der Waals surface area contributed by atoms with E-state index in [1.165, 1.54) is 5.56 Å². The molecule has 0 N–H and O–H groups in total. The molecule has 0 aliphatic carbocycles. The van der Waals surface area contributed by atoms with Gasteiger partial charge in [-0.25, -0.2) is 9.31 Å². The second-order valence-electron chi connectivity index (χ2n) is 6.37. The number of nitrogens with zero attached hydrogens (tertiary/aromatic N) is 3. The van der Waals surface area contributed by atoms with Gasteiger partial charge in [-0.05, 0) is 48.3 Å². The molecular weight excluding hydrogens is 334 g/mol. The summed E-state index contributed by atoms with van der Waals surface area (Å²) >= 11 is 3.46. The summed E-state index contributed by atoms with van der Waals surface area (Å²) in [6, 6.07) is 4.14. The second-order valence-corrected chi connectivity index (χ2v) is 7.22. The summed E-state index contributed by atoms with van der Waals surface area (Å²) in [5, 5.41) is 4.29. The number of pyridine rings is 1. The highest BCUT2D eigenvalue weighted by Gasteiger charge is 2.34. The molecule has 6 heteroatoms. The van der Waals surface area contributed by atoms with Gasteiger partial charge in [0.1, 0.15) is 5.60 Å². The highest BCUT2D eigenvalue weighted by Crippen LogP contribution is 2.29. The first-order valence-corrected chi connectivity index (χ1v) is 7.73. The Morgan fingerprint density at radius 1 is 1.38 bits per heavy atom. The molecule has 1 amide bonds. The highest BCUT2D eigenvalue weighted by atomic mass is 79.9. The average molecular weight is 352 g/mol. The van der Waals surface area contributed by atoms with Gasteiger partial charge in [0, 0.05) is 25.2 Å². The van der Waals surface area contributed by atoms with Gasteiger partial charge in [0.25, 0.3) is 0 Å². The van der Waals surface area contributed by atoms with Gasteiger partial charge >= 0.3 is 6.09 Å². The Hall–Kier alpha value is -1.56. The van der Waals surface area contributed by atoms with Gasteiger partial charge in [0.05, 0.1) is 16.2 Å². The first-order valence-electron chi connectivity index (χ1n) is 6.94. The molecular formula is C15H18BrN3O2. The van der Waals surface area contributed by atoms with E-state index >= 15 is 0 Å². The van der Waals surface area contributed by atoms with Crippen molar-refractivity contribution < 1.29 is 9.53 Å². The van der Waals surface area contributed by atoms with Crippen LogP contribution in [0.5, 0.6) is 0 Å². The van der Waals surface area contributed by atoms with E-state index in [4.69, 9.17) is 4.74 Å². The van der Waals surface area contributed by atoms with Crippen molar-refractivity contribution in [2.45, 2.75) is 32.3 Å². The summed E-state index contributed by atoms with van der Waals surface area (Å²) in [5.74, 6) is 0.352. The molecule has 0 bridgehead atoms. The Kier molecular flexibility index (Phi) is 3.43. The SMILES string of the molecule is CC(C)(C)OC(=O)N1CC(c2ccc3c(Br)cnn3c2)C1. The molecule has 0 atom stereocenters. The van der Waals surface area contributed by atoms with Gasteiger partial charge in [-0.2, -0.15) is 5.10 Å². The number of hydrogen-bond acceptors (Lipinski definition) is 3. The molecule has 0 spiro atoms. The number of amides is 1. The Morgan fingerprint density at radius 2 is 2.10 bits per heavy atom. The van der Waals surface area contributed by atoms with E-state index in [1.54, 1.807) is 11.1 Å². The van der Waals surface area contributed by atoms with Crippen molar-refractivity contribution in [3.63, 3.8) is 0 Å². The largest absolute Gasteiger partial charge is 0.444 e. The fourth-order valence-electron chi connectivity index (χ4n) is 2.38. The normalized spacial score (nSPS) is 16.1. The molecule has 0 unspecified atom stereocenters. The summed E-state index contributed by atoms with van der Waals surface area (Å²) in [5.41, 5.74) is 1.79. The number of halogens is 1. The van der Waals surface area contributed by atoms with Crippen LogP contribution in [-0.4, -0.2) is 39.3 Å². The number of fused-ring (bicyclic) bond motifs is 1. The van der Waals surface area contributed by atoms with Crippen LogP contribution in [0.3, 0.4) is 0 Å². The highest BCUT2D eigenvalue weighted by molar-refractivity contribution is 9.10. The molecule has 21 heavy (non-hydrogen) atoms. The lowest BCUT2D eigenvalue weighted by atomic mass is 9.93. The zero-order valence-electron chi connectivity index (χ0n) is 12.3. The quantitative estimate of drug-likeness (QED) is 0.790. The van der Waals surface area contributed by atoms with E-state index in [0.717, 1.165) is 9.99 Å². The van der Waals surface area contributed by atoms with Crippen LogP contribution < -0.4 is 0 Å². The standard InChI is InChI=1S/C15H18BrN3O2/c1-15(2,3)21-14(20)18-7-11(8-18)10-4-5-13-12(16)6-17-19(13)9-10/h4-6,9,11H,7-8H2,1-3H3. The molecule has 1 aliphatic heterocycles. The van der Waals surface area contributed by atoms with Crippen LogP contribution in [0.25, 0.3) is 5.52 Å². The van der Waals surface area contributed by atoms with E-state index in [-0.39, 0.29) is 6.09 Å². The first-order chi connectivity index (χ1) is 9.83. The zero-order valence-corrected chi connectivity index (χ0v) is 13.9. The lowest BCUT2D eigenvalue weighted by Gasteiger charge is -2.39. The van der Waals surface area contributed by atoms with Crippen LogP contribution in [0.4, 0.5) is 4.79 Å². The van der Waals surface area contributed by atoms with Crippen LogP contribution >= 0.6 is 15.9 Å². The summed E-state index contributed by atoms with van der Waals surface area (Å²) in [6.07, 6.45) is 3.58. The molecule has 3 heterocycles. The van der Waals surface area contributed by atoms with Crippen LogP contribution in [0.2, 0.25) is 0 Å². The fraction of sp³-hybridized carbons (Fsp3) is 0.467. The number of carbonyl (C=O) groups is 1. The topological polar surface area (TPSA) is 46.8 Å². The minimum absolute atomic E-state index is 0.235. The summed E-state index contributed by atoms with van der Waals surface area (Å²) in [6.45, 7) is 7.04. The van der Waals surface area contributed by atoms with Crippen LogP contribution in [0.1, 0.15) is 32.3 Å². The Bertz CT molecular complexity index is 684. The third-order valence-electron chi connectivity index (χ3n) is 3.50. The van der Waals surface area contributed by atoms with Crippen molar-refractivity contribution in [2.24, 2.45) is 0 Å². The Morgan fingerprint density at radius 3 is 2.76 bits per heavy atom. The Balaban J connectivity index is 1.66. The lowest BCUT2D eigenvalue weighted by molar-refractivity contribution is 0.00816. The molecule has 1 aliphatic rings. The van der Waals surface area contributed by atoms with Crippen molar-refractivity contribution >= 4 is 27.5 Å². The predicted molar refractivity (Wildman–Crippen MR) is 83.4 cm³/mol. The molecule has 0 aromatic carbocycles. The lowest BCUT2D eigenvalue weighted by Crippen LogP contribution is -2.50. The van der Waals surface area contributed by atoms with Crippen molar-refractivity contribution in [3.8, 4) is 0 Å². The van der Waals surface area contributed by atoms with Crippen molar-refractivity contribution in [3.05, 3.63) is 34.6 Å². The zero-order chi connectivity index (χ0) is 15.2. The molecule has 0 saturated carbocycles. The predicted octanol–water partition coefficient (Wildman–Crippen LogP) is 3.43. The van der Waals surface area contributed by atoms with Gasteiger partial charge in [0.2, 0.25) is 0 Å². The van der Waals surface area contributed by atoms with Crippen molar-refractivity contribution in [2.75, 3.05) is 13.1 Å². The monoisotopic (exact) mass is 351 g/mol. The number of likely N-dealkylation sites (tertiary alicyclic amines) is 1. The average Bonchev–Trinajstić information content (AvgIpc) is 2.66. The number of carbonyl (C=O) groups excluding carboxylic acids is 1. The van der Waals surface area contributed by atoms with Gasteiger partial charge in [-0.15, -0.1) is 0 Å². The maximum atomic E-state index is 11.9. The fourth-order valence-corrected chi connectivity index (χ4v) is 2.78. The van der Waals surface area contributed by atoms with E-state index < -0.39 is 5.60 Å². The minimum atomic E-state index is -0.442. The van der Waals surface area contributed by atoms with Gasteiger partial charge in [-0.3, -0.25) is 0 Å². The number of hydrogen-bond donors (Lipinski definition) is 0.